The first-order valence-corrected chi connectivity index (χ1v) is 8.00. The van der Waals surface area contributed by atoms with Gasteiger partial charge in [0.1, 0.15) is 0 Å². The zero-order valence-corrected chi connectivity index (χ0v) is 13.3. The Bertz CT molecular complexity index is 716. The molecule has 0 bridgehead atoms. The number of hydrogen-bond donors (Lipinski definition) is 2. The molecule has 1 aromatic carbocycles. The van der Waals surface area contributed by atoms with E-state index in [1.54, 1.807) is 0 Å². The lowest BCUT2D eigenvalue weighted by atomic mass is 10.1. The number of nitrogens with zero attached hydrogens (tertiary/aromatic N) is 4. The molecule has 2 aromatic rings. The van der Waals surface area contributed by atoms with E-state index in [0.29, 0.717) is 12.5 Å². The standard InChI is InChI=1S/C16H20N6O2/c17-14-13(22(23)24)15(18-11-12-7-3-1-4-8-12)20-16(19-14)21-9-5-2-6-10-21/h1,3-4,7-8H,2,5-6,9-11H2,(H3,17,18,19,20). The number of aromatic nitrogens is 2. The highest BCUT2D eigenvalue weighted by Crippen LogP contribution is 2.31. The summed E-state index contributed by atoms with van der Waals surface area (Å²) >= 11 is 0. The lowest BCUT2D eigenvalue weighted by Gasteiger charge is -2.27. The molecule has 0 amide bonds. The van der Waals surface area contributed by atoms with Crippen LogP contribution in [0.15, 0.2) is 30.3 Å². The summed E-state index contributed by atoms with van der Waals surface area (Å²) in [6.07, 6.45) is 3.30. The Labute approximate surface area is 139 Å². The zero-order valence-electron chi connectivity index (χ0n) is 13.3. The van der Waals surface area contributed by atoms with Gasteiger partial charge in [-0.25, -0.2) is 0 Å². The molecule has 1 saturated heterocycles. The van der Waals surface area contributed by atoms with Gasteiger partial charge < -0.3 is 16.0 Å². The molecule has 8 nitrogen and oxygen atoms in total. The number of nitrogens with two attached hydrogens (primary N) is 1. The lowest BCUT2D eigenvalue weighted by molar-refractivity contribution is -0.383. The first-order chi connectivity index (χ1) is 11.6. The van der Waals surface area contributed by atoms with Gasteiger partial charge in [0.05, 0.1) is 4.92 Å². The third-order valence-corrected chi connectivity index (χ3v) is 4.02. The van der Waals surface area contributed by atoms with Crippen LogP contribution in [0, 0.1) is 10.1 Å². The Morgan fingerprint density at radius 2 is 1.88 bits per heavy atom. The highest BCUT2D eigenvalue weighted by Gasteiger charge is 2.25. The van der Waals surface area contributed by atoms with Gasteiger partial charge in [0, 0.05) is 19.6 Å². The van der Waals surface area contributed by atoms with Crippen molar-refractivity contribution in [2.75, 3.05) is 29.0 Å². The molecule has 0 unspecified atom stereocenters. The van der Waals surface area contributed by atoms with Gasteiger partial charge in [-0.1, -0.05) is 30.3 Å². The number of benzene rings is 1. The second-order valence-electron chi connectivity index (χ2n) is 5.75. The van der Waals surface area contributed by atoms with Crippen LogP contribution in [-0.4, -0.2) is 28.0 Å². The molecule has 0 saturated carbocycles. The Morgan fingerprint density at radius 3 is 2.54 bits per heavy atom. The molecular formula is C16H20N6O2. The summed E-state index contributed by atoms with van der Waals surface area (Å²) < 4.78 is 0. The Morgan fingerprint density at radius 1 is 1.17 bits per heavy atom. The van der Waals surface area contributed by atoms with Gasteiger partial charge >= 0.3 is 5.69 Å². The average Bonchev–Trinajstić information content (AvgIpc) is 2.60. The fourth-order valence-corrected chi connectivity index (χ4v) is 2.78. The maximum Gasteiger partial charge on any atom is 0.353 e. The molecule has 0 radical (unpaired) electrons. The second-order valence-corrected chi connectivity index (χ2v) is 5.75. The van der Waals surface area contributed by atoms with E-state index in [9.17, 15) is 10.1 Å². The summed E-state index contributed by atoms with van der Waals surface area (Å²) in [6, 6.07) is 9.63. The first kappa shape index (κ1) is 16.0. The van der Waals surface area contributed by atoms with Crippen molar-refractivity contribution in [1.82, 2.24) is 9.97 Å². The van der Waals surface area contributed by atoms with Crippen molar-refractivity contribution in [3.63, 3.8) is 0 Å². The molecule has 0 aliphatic carbocycles. The summed E-state index contributed by atoms with van der Waals surface area (Å²) in [5.41, 5.74) is 6.57. The van der Waals surface area contributed by atoms with E-state index in [2.05, 4.69) is 15.3 Å². The number of nitro groups is 1. The van der Waals surface area contributed by atoms with Gasteiger partial charge in [-0.05, 0) is 24.8 Å². The number of piperidine rings is 1. The molecular weight excluding hydrogens is 308 g/mol. The lowest BCUT2D eigenvalue weighted by Crippen LogP contribution is -2.31. The second kappa shape index (κ2) is 7.12. The van der Waals surface area contributed by atoms with Crippen molar-refractivity contribution >= 4 is 23.3 Å². The molecule has 3 N–H and O–H groups in total. The minimum absolute atomic E-state index is 0.105. The van der Waals surface area contributed by atoms with E-state index >= 15 is 0 Å². The number of nitrogens with one attached hydrogen (secondary N) is 1. The minimum atomic E-state index is -0.539. The molecule has 1 aliphatic rings. The SMILES string of the molecule is Nc1nc(N2CCCCC2)nc(NCc2ccccc2)c1[N+](=O)[O-]. The van der Waals surface area contributed by atoms with E-state index in [1.165, 1.54) is 6.42 Å². The van der Waals surface area contributed by atoms with Crippen LogP contribution in [0.1, 0.15) is 24.8 Å². The van der Waals surface area contributed by atoms with E-state index in [4.69, 9.17) is 5.73 Å². The van der Waals surface area contributed by atoms with Crippen LogP contribution in [0.4, 0.5) is 23.3 Å². The van der Waals surface area contributed by atoms with E-state index < -0.39 is 4.92 Å². The topological polar surface area (TPSA) is 110 Å². The van der Waals surface area contributed by atoms with Crippen LogP contribution in [0.5, 0.6) is 0 Å². The van der Waals surface area contributed by atoms with Crippen LogP contribution in [0.3, 0.4) is 0 Å². The molecule has 3 rings (SSSR count). The smallest absolute Gasteiger partial charge is 0.353 e. The van der Waals surface area contributed by atoms with Crippen LogP contribution in [-0.2, 0) is 6.54 Å². The van der Waals surface area contributed by atoms with Crippen LogP contribution in [0.25, 0.3) is 0 Å². The molecule has 0 spiro atoms. The normalized spacial score (nSPS) is 14.4. The van der Waals surface area contributed by atoms with Gasteiger partial charge in [0.2, 0.25) is 17.6 Å². The van der Waals surface area contributed by atoms with Gasteiger partial charge in [0.25, 0.3) is 0 Å². The van der Waals surface area contributed by atoms with Gasteiger partial charge in [0.15, 0.2) is 0 Å². The molecule has 126 valence electrons. The molecule has 1 aliphatic heterocycles. The molecule has 1 fully saturated rings. The van der Waals surface area contributed by atoms with Crippen molar-refractivity contribution in [3.8, 4) is 0 Å². The van der Waals surface area contributed by atoms with Crippen LogP contribution < -0.4 is 16.0 Å². The van der Waals surface area contributed by atoms with Crippen molar-refractivity contribution in [3.05, 3.63) is 46.0 Å². The quantitative estimate of drug-likeness (QED) is 0.641. The predicted molar refractivity (Wildman–Crippen MR) is 92.9 cm³/mol. The molecule has 24 heavy (non-hydrogen) atoms. The Kier molecular flexibility index (Phi) is 4.74. The molecule has 8 heteroatoms. The number of rotatable bonds is 5. The van der Waals surface area contributed by atoms with Gasteiger partial charge in [-0.3, -0.25) is 10.1 Å². The minimum Gasteiger partial charge on any atom is -0.378 e. The van der Waals surface area contributed by atoms with E-state index in [1.807, 2.05) is 35.2 Å². The first-order valence-electron chi connectivity index (χ1n) is 8.00. The van der Waals surface area contributed by atoms with Crippen molar-refractivity contribution in [2.45, 2.75) is 25.8 Å². The van der Waals surface area contributed by atoms with E-state index in [0.717, 1.165) is 31.5 Å². The maximum absolute atomic E-state index is 11.3. The van der Waals surface area contributed by atoms with Crippen molar-refractivity contribution < 1.29 is 4.92 Å². The van der Waals surface area contributed by atoms with Gasteiger partial charge in [-0.2, -0.15) is 9.97 Å². The summed E-state index contributed by atoms with van der Waals surface area (Å²) in [5.74, 6) is 0.511. The highest BCUT2D eigenvalue weighted by molar-refractivity contribution is 5.70. The summed E-state index contributed by atoms with van der Waals surface area (Å²) in [5, 5.41) is 14.4. The van der Waals surface area contributed by atoms with E-state index in [-0.39, 0.29) is 17.3 Å². The molecule has 1 aromatic heterocycles. The summed E-state index contributed by atoms with van der Waals surface area (Å²) in [6.45, 7) is 2.11. The number of anilines is 3. The summed E-state index contributed by atoms with van der Waals surface area (Å²) in [7, 11) is 0. The van der Waals surface area contributed by atoms with Crippen molar-refractivity contribution in [1.29, 1.82) is 0 Å². The zero-order chi connectivity index (χ0) is 16.9. The fourth-order valence-electron chi connectivity index (χ4n) is 2.78. The van der Waals surface area contributed by atoms with Crippen LogP contribution in [0.2, 0.25) is 0 Å². The fraction of sp³-hybridized carbons (Fsp3) is 0.375. The molecule has 0 atom stereocenters. The van der Waals surface area contributed by atoms with Gasteiger partial charge in [-0.15, -0.1) is 0 Å². The Balaban J connectivity index is 1.88. The largest absolute Gasteiger partial charge is 0.378 e. The van der Waals surface area contributed by atoms with Crippen LogP contribution >= 0.6 is 0 Å². The Hall–Kier alpha value is -2.90. The number of nitrogen functional groups attached to an aromatic ring is 1. The van der Waals surface area contributed by atoms with Crippen molar-refractivity contribution in [2.24, 2.45) is 0 Å². The summed E-state index contributed by atoms with van der Waals surface area (Å²) in [4.78, 5) is 21.3. The monoisotopic (exact) mass is 328 g/mol. The number of hydrogen-bond acceptors (Lipinski definition) is 7. The maximum atomic E-state index is 11.3. The predicted octanol–water partition coefficient (Wildman–Crippen LogP) is 2.57. The third-order valence-electron chi connectivity index (χ3n) is 4.02. The third kappa shape index (κ3) is 3.53. The molecule has 2 heterocycles. The highest BCUT2D eigenvalue weighted by atomic mass is 16.6. The average molecular weight is 328 g/mol.